The first kappa shape index (κ1) is 14.7. The van der Waals surface area contributed by atoms with Crippen molar-refractivity contribution >= 4 is 16.5 Å². The van der Waals surface area contributed by atoms with Crippen molar-refractivity contribution in [3.05, 3.63) is 34.3 Å². The van der Waals surface area contributed by atoms with Crippen molar-refractivity contribution in [2.24, 2.45) is 0 Å². The molecule has 1 aromatic heterocycles. The first-order valence-electron chi connectivity index (χ1n) is 6.53. The molecule has 0 aliphatic heterocycles. The molecule has 0 saturated heterocycles. The summed E-state index contributed by atoms with van der Waals surface area (Å²) in [5, 5.41) is 4.34. The quantitative estimate of drug-likeness (QED) is 0.886. The number of benzene rings is 1. The van der Waals surface area contributed by atoms with Gasteiger partial charge in [0.25, 0.3) is 0 Å². The molecule has 1 N–H and O–H groups in total. The molecule has 0 bridgehead atoms. The Balaban J connectivity index is 1.94. The van der Waals surface area contributed by atoms with Crippen LogP contribution in [0.1, 0.15) is 16.1 Å². The van der Waals surface area contributed by atoms with Crippen LogP contribution in [0.15, 0.2) is 18.2 Å². The second-order valence-electron chi connectivity index (χ2n) is 4.53. The zero-order valence-electron chi connectivity index (χ0n) is 12.3. The number of hydrogen-bond acceptors (Lipinski definition) is 5. The van der Waals surface area contributed by atoms with Gasteiger partial charge in [-0.15, -0.1) is 11.3 Å². The van der Waals surface area contributed by atoms with Crippen molar-refractivity contribution in [2.75, 3.05) is 26.1 Å². The fraction of sp³-hybridized carbons (Fsp3) is 0.400. The molecule has 0 saturated carbocycles. The van der Waals surface area contributed by atoms with Gasteiger partial charge >= 0.3 is 0 Å². The van der Waals surface area contributed by atoms with Gasteiger partial charge in [-0.25, -0.2) is 4.98 Å². The monoisotopic (exact) mass is 292 g/mol. The van der Waals surface area contributed by atoms with E-state index in [1.54, 1.807) is 25.6 Å². The number of aryl methyl sites for hydroxylation is 2. The lowest BCUT2D eigenvalue weighted by Gasteiger charge is -2.09. The van der Waals surface area contributed by atoms with Crippen LogP contribution >= 0.6 is 11.3 Å². The average Bonchev–Trinajstić information content (AvgIpc) is 2.77. The van der Waals surface area contributed by atoms with Crippen LogP contribution < -0.4 is 14.8 Å². The van der Waals surface area contributed by atoms with Crippen molar-refractivity contribution in [3.63, 3.8) is 0 Å². The van der Waals surface area contributed by atoms with Gasteiger partial charge in [-0.2, -0.15) is 0 Å². The Bertz CT molecular complexity index is 562. The third-order valence-electron chi connectivity index (χ3n) is 3.17. The van der Waals surface area contributed by atoms with E-state index in [1.165, 1.54) is 10.4 Å². The molecule has 108 valence electrons. The van der Waals surface area contributed by atoms with Crippen molar-refractivity contribution in [3.8, 4) is 11.5 Å². The molecule has 0 aliphatic rings. The highest BCUT2D eigenvalue weighted by Crippen LogP contribution is 2.27. The molecular formula is C15H20N2O2S. The predicted molar refractivity (Wildman–Crippen MR) is 83.3 cm³/mol. The van der Waals surface area contributed by atoms with Crippen molar-refractivity contribution in [1.29, 1.82) is 0 Å². The highest BCUT2D eigenvalue weighted by molar-refractivity contribution is 7.15. The maximum atomic E-state index is 5.30. The molecule has 4 nitrogen and oxygen atoms in total. The zero-order valence-corrected chi connectivity index (χ0v) is 13.1. The largest absolute Gasteiger partial charge is 0.493 e. The molecule has 0 radical (unpaired) electrons. The van der Waals surface area contributed by atoms with Gasteiger partial charge in [0, 0.05) is 11.4 Å². The van der Waals surface area contributed by atoms with Gasteiger partial charge in [-0.1, -0.05) is 6.07 Å². The Morgan fingerprint density at radius 3 is 2.50 bits per heavy atom. The smallest absolute Gasteiger partial charge is 0.183 e. The first-order chi connectivity index (χ1) is 9.63. The maximum Gasteiger partial charge on any atom is 0.183 e. The van der Waals surface area contributed by atoms with Crippen molar-refractivity contribution in [1.82, 2.24) is 4.98 Å². The molecule has 0 unspecified atom stereocenters. The van der Waals surface area contributed by atoms with Crippen LogP contribution in [-0.2, 0) is 6.42 Å². The van der Waals surface area contributed by atoms with E-state index < -0.39 is 0 Å². The van der Waals surface area contributed by atoms with Gasteiger partial charge in [0.05, 0.1) is 19.9 Å². The Labute approximate surface area is 123 Å². The van der Waals surface area contributed by atoms with Crippen LogP contribution in [0.25, 0.3) is 0 Å². The van der Waals surface area contributed by atoms with E-state index in [1.807, 2.05) is 19.1 Å². The molecular weight excluding hydrogens is 272 g/mol. The molecule has 0 atom stereocenters. The molecule has 0 amide bonds. The maximum absolute atomic E-state index is 5.30. The van der Waals surface area contributed by atoms with E-state index in [0.717, 1.165) is 35.3 Å². The van der Waals surface area contributed by atoms with Crippen molar-refractivity contribution in [2.45, 2.75) is 20.3 Å². The SMILES string of the molecule is COc1ccc(CCNc2nc(C)c(C)s2)cc1OC. The van der Waals surface area contributed by atoms with Gasteiger partial charge in [-0.3, -0.25) is 0 Å². The summed E-state index contributed by atoms with van der Waals surface area (Å²) in [6.45, 7) is 4.97. The molecule has 1 aromatic carbocycles. The molecule has 1 heterocycles. The van der Waals surface area contributed by atoms with E-state index >= 15 is 0 Å². The highest BCUT2D eigenvalue weighted by Gasteiger charge is 2.05. The summed E-state index contributed by atoms with van der Waals surface area (Å²) in [4.78, 5) is 5.73. The number of nitrogens with zero attached hydrogens (tertiary/aromatic N) is 1. The number of hydrogen-bond donors (Lipinski definition) is 1. The summed E-state index contributed by atoms with van der Waals surface area (Å²) in [7, 11) is 3.30. The van der Waals surface area contributed by atoms with Crippen LogP contribution in [0.4, 0.5) is 5.13 Å². The van der Waals surface area contributed by atoms with Crippen LogP contribution in [0.5, 0.6) is 11.5 Å². The summed E-state index contributed by atoms with van der Waals surface area (Å²) >= 11 is 1.70. The number of rotatable bonds is 6. The highest BCUT2D eigenvalue weighted by atomic mass is 32.1. The van der Waals surface area contributed by atoms with Crippen LogP contribution in [-0.4, -0.2) is 25.7 Å². The zero-order chi connectivity index (χ0) is 14.5. The summed E-state index contributed by atoms with van der Waals surface area (Å²) < 4.78 is 10.5. The van der Waals surface area contributed by atoms with Crippen LogP contribution in [0.3, 0.4) is 0 Å². The summed E-state index contributed by atoms with van der Waals surface area (Å²) in [5.41, 5.74) is 2.31. The number of methoxy groups -OCH3 is 2. The number of anilines is 1. The Hall–Kier alpha value is -1.75. The molecule has 0 spiro atoms. The van der Waals surface area contributed by atoms with Crippen LogP contribution in [0.2, 0.25) is 0 Å². The van der Waals surface area contributed by atoms with Crippen molar-refractivity contribution < 1.29 is 9.47 Å². The minimum absolute atomic E-state index is 0.760. The number of thiazole rings is 1. The van der Waals surface area contributed by atoms with Gasteiger partial charge < -0.3 is 14.8 Å². The summed E-state index contributed by atoms with van der Waals surface area (Å²) in [5.74, 6) is 1.53. The Morgan fingerprint density at radius 2 is 1.90 bits per heavy atom. The number of aromatic nitrogens is 1. The Morgan fingerprint density at radius 1 is 1.15 bits per heavy atom. The normalized spacial score (nSPS) is 10.4. The molecule has 0 aliphatic carbocycles. The topological polar surface area (TPSA) is 43.4 Å². The van der Waals surface area contributed by atoms with Gasteiger partial charge in [0.1, 0.15) is 0 Å². The molecule has 2 rings (SSSR count). The molecule has 0 fully saturated rings. The first-order valence-corrected chi connectivity index (χ1v) is 7.34. The van der Waals surface area contributed by atoms with E-state index in [-0.39, 0.29) is 0 Å². The van der Waals surface area contributed by atoms with Gasteiger partial charge in [0.2, 0.25) is 0 Å². The number of nitrogens with one attached hydrogen (secondary N) is 1. The number of ether oxygens (including phenoxy) is 2. The average molecular weight is 292 g/mol. The van der Waals surface area contributed by atoms with Crippen LogP contribution in [0, 0.1) is 13.8 Å². The van der Waals surface area contributed by atoms with Gasteiger partial charge in [-0.05, 0) is 38.0 Å². The fourth-order valence-electron chi connectivity index (χ4n) is 1.90. The fourth-order valence-corrected chi connectivity index (χ4v) is 2.74. The molecule has 2 aromatic rings. The van der Waals surface area contributed by atoms with E-state index in [0.29, 0.717) is 0 Å². The minimum atomic E-state index is 0.760. The second-order valence-corrected chi connectivity index (χ2v) is 5.73. The molecule has 20 heavy (non-hydrogen) atoms. The third kappa shape index (κ3) is 3.42. The predicted octanol–water partition coefficient (Wildman–Crippen LogP) is 3.43. The summed E-state index contributed by atoms with van der Waals surface area (Å²) in [6, 6.07) is 6.01. The van der Waals surface area contributed by atoms with E-state index in [2.05, 4.69) is 23.3 Å². The van der Waals surface area contributed by atoms with E-state index in [4.69, 9.17) is 9.47 Å². The summed E-state index contributed by atoms with van der Waals surface area (Å²) in [6.07, 6.45) is 0.915. The molecule has 5 heteroatoms. The Kier molecular flexibility index (Phi) is 4.84. The standard InChI is InChI=1S/C15H20N2O2S/c1-10-11(2)20-15(17-10)16-8-7-12-5-6-13(18-3)14(9-12)19-4/h5-6,9H,7-8H2,1-4H3,(H,16,17). The van der Waals surface area contributed by atoms with Gasteiger partial charge in [0.15, 0.2) is 16.6 Å². The third-order valence-corrected chi connectivity index (χ3v) is 4.20. The second kappa shape index (κ2) is 6.61. The van der Waals surface area contributed by atoms with E-state index in [9.17, 15) is 0 Å². The lowest BCUT2D eigenvalue weighted by atomic mass is 10.1. The lowest BCUT2D eigenvalue weighted by molar-refractivity contribution is 0.354. The minimum Gasteiger partial charge on any atom is -0.493 e. The lowest BCUT2D eigenvalue weighted by Crippen LogP contribution is -2.05.